The van der Waals surface area contributed by atoms with Crippen molar-refractivity contribution in [3.05, 3.63) is 35.6 Å². The summed E-state index contributed by atoms with van der Waals surface area (Å²) in [6.07, 6.45) is 2.73. The molecule has 0 bridgehead atoms. The van der Waals surface area contributed by atoms with Gasteiger partial charge in [0.2, 0.25) is 5.91 Å². The molecule has 1 aromatic carbocycles. The molecule has 1 aliphatic rings. The molecule has 2 atom stereocenters. The minimum absolute atomic E-state index is 0. The van der Waals surface area contributed by atoms with Gasteiger partial charge >= 0.3 is 0 Å². The highest BCUT2D eigenvalue weighted by Crippen LogP contribution is 2.23. The Kier molecular flexibility index (Phi) is 6.43. The van der Waals surface area contributed by atoms with Crippen LogP contribution in [0, 0.1) is 11.7 Å². The predicted molar refractivity (Wildman–Crippen MR) is 80.3 cm³/mol. The molecule has 1 saturated heterocycles. The van der Waals surface area contributed by atoms with E-state index >= 15 is 0 Å². The fourth-order valence-electron chi connectivity index (χ4n) is 2.66. The Morgan fingerprint density at radius 1 is 1.55 bits per heavy atom. The van der Waals surface area contributed by atoms with Crippen LogP contribution in [0.2, 0.25) is 0 Å². The van der Waals surface area contributed by atoms with E-state index in [-0.39, 0.29) is 36.1 Å². The number of carbonyl (C=O) groups is 1. The topological polar surface area (TPSA) is 46.3 Å². The quantitative estimate of drug-likeness (QED) is 0.928. The number of likely N-dealkylation sites (tertiary alicyclic amines) is 1. The van der Waals surface area contributed by atoms with Gasteiger partial charge in [0.1, 0.15) is 5.82 Å². The third-order valence-corrected chi connectivity index (χ3v) is 3.80. The van der Waals surface area contributed by atoms with E-state index in [0.717, 1.165) is 31.4 Å². The molecule has 2 rings (SSSR count). The molecule has 1 aliphatic heterocycles. The monoisotopic (exact) mass is 300 g/mol. The molecule has 1 aromatic rings. The molecule has 5 heteroatoms. The summed E-state index contributed by atoms with van der Waals surface area (Å²) in [5.41, 5.74) is 6.51. The molecule has 1 fully saturated rings. The minimum Gasteiger partial charge on any atom is -0.339 e. The second-order valence-corrected chi connectivity index (χ2v) is 5.30. The van der Waals surface area contributed by atoms with Gasteiger partial charge in [0, 0.05) is 25.0 Å². The predicted octanol–water partition coefficient (Wildman–Crippen LogP) is 2.38. The van der Waals surface area contributed by atoms with Crippen molar-refractivity contribution in [2.45, 2.75) is 32.2 Å². The van der Waals surface area contributed by atoms with Crippen LogP contribution in [0.3, 0.4) is 0 Å². The number of halogens is 2. The molecule has 1 heterocycles. The van der Waals surface area contributed by atoms with Crippen molar-refractivity contribution >= 4 is 18.3 Å². The molecule has 2 unspecified atom stereocenters. The zero-order chi connectivity index (χ0) is 13.8. The lowest BCUT2D eigenvalue weighted by Crippen LogP contribution is -2.41. The van der Waals surface area contributed by atoms with Crippen LogP contribution in [-0.2, 0) is 11.2 Å². The number of hydrogen-bond acceptors (Lipinski definition) is 2. The number of hydrogen-bond donors (Lipinski definition) is 1. The number of nitrogens with two attached hydrogens (primary N) is 1. The number of benzene rings is 1. The van der Waals surface area contributed by atoms with Crippen molar-refractivity contribution in [2.24, 2.45) is 11.7 Å². The Balaban J connectivity index is 0.00000200. The van der Waals surface area contributed by atoms with Crippen molar-refractivity contribution in [1.82, 2.24) is 4.90 Å². The Morgan fingerprint density at radius 2 is 2.30 bits per heavy atom. The zero-order valence-electron chi connectivity index (χ0n) is 11.7. The SMILES string of the molecule is CC(CN)C(=O)N1CCCC1Cc1cccc(F)c1.Cl. The minimum atomic E-state index is -0.219. The van der Waals surface area contributed by atoms with Gasteiger partial charge < -0.3 is 10.6 Å². The van der Waals surface area contributed by atoms with Gasteiger partial charge in [0.15, 0.2) is 0 Å². The highest BCUT2D eigenvalue weighted by atomic mass is 35.5. The maximum absolute atomic E-state index is 13.2. The first-order valence-electron chi connectivity index (χ1n) is 6.87. The highest BCUT2D eigenvalue weighted by Gasteiger charge is 2.30. The van der Waals surface area contributed by atoms with E-state index in [1.807, 2.05) is 17.9 Å². The fourth-order valence-corrected chi connectivity index (χ4v) is 2.66. The second kappa shape index (κ2) is 7.60. The Hall–Kier alpha value is -1.13. The Bertz CT molecular complexity index is 455. The van der Waals surface area contributed by atoms with Crippen molar-refractivity contribution < 1.29 is 9.18 Å². The number of rotatable bonds is 4. The molecule has 0 saturated carbocycles. The van der Waals surface area contributed by atoms with Crippen LogP contribution in [0.4, 0.5) is 4.39 Å². The molecule has 0 aromatic heterocycles. The van der Waals surface area contributed by atoms with E-state index in [9.17, 15) is 9.18 Å². The van der Waals surface area contributed by atoms with Gasteiger partial charge in [-0.3, -0.25) is 4.79 Å². The van der Waals surface area contributed by atoms with Crippen LogP contribution in [0.25, 0.3) is 0 Å². The van der Waals surface area contributed by atoms with Crippen molar-refractivity contribution in [3.63, 3.8) is 0 Å². The average molecular weight is 301 g/mol. The summed E-state index contributed by atoms with van der Waals surface area (Å²) in [5, 5.41) is 0. The standard InChI is InChI=1S/C15H21FN2O.ClH/c1-11(10-17)15(19)18-7-3-6-14(18)9-12-4-2-5-13(16)8-12;/h2,4-5,8,11,14H,3,6-7,9-10,17H2,1H3;1H. The molecule has 1 amide bonds. The average Bonchev–Trinajstić information content (AvgIpc) is 2.85. The van der Waals surface area contributed by atoms with Crippen LogP contribution in [-0.4, -0.2) is 29.9 Å². The second-order valence-electron chi connectivity index (χ2n) is 5.30. The normalized spacial score (nSPS) is 19.6. The third-order valence-electron chi connectivity index (χ3n) is 3.80. The maximum atomic E-state index is 13.2. The Morgan fingerprint density at radius 3 is 2.95 bits per heavy atom. The van der Waals surface area contributed by atoms with Crippen LogP contribution >= 0.6 is 12.4 Å². The molecule has 112 valence electrons. The molecule has 20 heavy (non-hydrogen) atoms. The molecular weight excluding hydrogens is 279 g/mol. The first kappa shape index (κ1) is 16.9. The lowest BCUT2D eigenvalue weighted by Gasteiger charge is -2.27. The van der Waals surface area contributed by atoms with Crippen molar-refractivity contribution in [2.75, 3.05) is 13.1 Å². The van der Waals surface area contributed by atoms with Gasteiger partial charge in [-0.2, -0.15) is 0 Å². The van der Waals surface area contributed by atoms with Crippen molar-refractivity contribution in [3.8, 4) is 0 Å². The summed E-state index contributed by atoms with van der Waals surface area (Å²) >= 11 is 0. The van der Waals surface area contributed by atoms with Gasteiger partial charge in [-0.1, -0.05) is 19.1 Å². The molecule has 0 spiro atoms. The van der Waals surface area contributed by atoms with Gasteiger partial charge in [0.05, 0.1) is 0 Å². The zero-order valence-corrected chi connectivity index (χ0v) is 12.5. The largest absolute Gasteiger partial charge is 0.339 e. The summed E-state index contributed by atoms with van der Waals surface area (Å²) in [6, 6.07) is 6.80. The van der Waals surface area contributed by atoms with Gasteiger partial charge in [-0.25, -0.2) is 4.39 Å². The van der Waals surface area contributed by atoms with Gasteiger partial charge in [0.25, 0.3) is 0 Å². The Labute approximate surface area is 125 Å². The van der Waals surface area contributed by atoms with E-state index in [1.165, 1.54) is 6.07 Å². The van der Waals surface area contributed by atoms with E-state index in [4.69, 9.17) is 5.73 Å². The highest BCUT2D eigenvalue weighted by molar-refractivity contribution is 5.85. The van der Waals surface area contributed by atoms with E-state index in [1.54, 1.807) is 12.1 Å². The van der Waals surface area contributed by atoms with Crippen molar-refractivity contribution in [1.29, 1.82) is 0 Å². The smallest absolute Gasteiger partial charge is 0.226 e. The van der Waals surface area contributed by atoms with E-state index in [0.29, 0.717) is 6.54 Å². The summed E-state index contributed by atoms with van der Waals surface area (Å²) in [4.78, 5) is 14.1. The summed E-state index contributed by atoms with van der Waals surface area (Å²) in [5.74, 6) is -0.224. The van der Waals surface area contributed by atoms with Crippen LogP contribution in [0.5, 0.6) is 0 Å². The fraction of sp³-hybridized carbons (Fsp3) is 0.533. The molecule has 0 aliphatic carbocycles. The molecule has 3 nitrogen and oxygen atoms in total. The van der Waals surface area contributed by atoms with Crippen LogP contribution in [0.1, 0.15) is 25.3 Å². The van der Waals surface area contributed by atoms with E-state index in [2.05, 4.69) is 0 Å². The van der Waals surface area contributed by atoms with Gasteiger partial charge in [-0.15, -0.1) is 12.4 Å². The van der Waals surface area contributed by atoms with Gasteiger partial charge in [-0.05, 0) is 37.0 Å². The first-order chi connectivity index (χ1) is 9.11. The molecule has 2 N–H and O–H groups in total. The number of carbonyl (C=O) groups excluding carboxylic acids is 1. The van der Waals surface area contributed by atoms with E-state index < -0.39 is 0 Å². The number of amides is 1. The lowest BCUT2D eigenvalue weighted by atomic mass is 10.0. The maximum Gasteiger partial charge on any atom is 0.226 e. The summed E-state index contributed by atoms with van der Waals surface area (Å²) in [7, 11) is 0. The van der Waals surface area contributed by atoms with Crippen LogP contribution in [0.15, 0.2) is 24.3 Å². The molecular formula is C15H22ClFN2O. The molecule has 0 radical (unpaired) electrons. The first-order valence-corrected chi connectivity index (χ1v) is 6.87. The third kappa shape index (κ3) is 3.93. The number of nitrogens with zero attached hydrogens (tertiary/aromatic N) is 1. The van der Waals surface area contributed by atoms with Crippen LogP contribution < -0.4 is 5.73 Å². The summed E-state index contributed by atoms with van der Waals surface area (Å²) in [6.45, 7) is 3.03. The lowest BCUT2D eigenvalue weighted by molar-refractivity contribution is -0.135. The summed E-state index contributed by atoms with van der Waals surface area (Å²) < 4.78 is 13.2.